The summed E-state index contributed by atoms with van der Waals surface area (Å²) in [5.74, 6) is -0.471. The van der Waals surface area contributed by atoms with Crippen molar-refractivity contribution in [2.45, 2.75) is 6.54 Å². The zero-order valence-electron chi connectivity index (χ0n) is 9.30. The van der Waals surface area contributed by atoms with Gasteiger partial charge >= 0.3 is 0 Å². The van der Waals surface area contributed by atoms with Crippen LogP contribution in [-0.2, 0) is 16.7 Å². The molecule has 0 saturated carbocycles. The summed E-state index contributed by atoms with van der Waals surface area (Å²) in [6.45, 7) is 0.0424. The van der Waals surface area contributed by atoms with Gasteiger partial charge in [0.1, 0.15) is 16.3 Å². The molecule has 2 aromatic rings. The Morgan fingerprint density at radius 3 is 2.50 bits per heavy atom. The Kier molecular flexibility index (Phi) is 3.58. The summed E-state index contributed by atoms with van der Waals surface area (Å²) in [5, 5.41) is 11.4. The molecule has 7 nitrogen and oxygen atoms in total. The molecule has 0 aliphatic heterocycles. The number of aryl methyl sites for hydroxylation is 1. The molecule has 8 heteroatoms. The number of hydrogen-bond acceptors (Lipinski definition) is 6. The fourth-order valence-corrected chi connectivity index (χ4v) is 1.76. The first-order valence-electron chi connectivity index (χ1n) is 5.11. The Labute approximate surface area is 104 Å². The Morgan fingerprint density at radius 2 is 1.94 bits per heavy atom. The molecule has 0 spiro atoms. The summed E-state index contributed by atoms with van der Waals surface area (Å²) in [4.78, 5) is 0. The molecule has 2 heterocycles. The highest BCUT2D eigenvalue weighted by atomic mass is 32.2. The second-order valence-corrected chi connectivity index (χ2v) is 5.10. The molecule has 0 unspecified atom stereocenters. The van der Waals surface area contributed by atoms with E-state index < -0.39 is 15.9 Å². The second kappa shape index (κ2) is 5.15. The molecule has 2 aromatic heterocycles. The van der Waals surface area contributed by atoms with Crippen LogP contribution in [-0.4, -0.2) is 34.0 Å². The van der Waals surface area contributed by atoms with Crippen LogP contribution in [0.3, 0.4) is 0 Å². The minimum atomic E-state index is -4.21. The lowest BCUT2D eigenvalue weighted by Gasteiger charge is -2.02. The third-order valence-corrected chi connectivity index (χ3v) is 2.94. The lowest BCUT2D eigenvalue weighted by molar-refractivity contribution is -0.750. The SMILES string of the molecule is O=S(=O)([O-])CC[n+]1ccc(-c2ccnnc2)cn1. The van der Waals surface area contributed by atoms with E-state index in [1.165, 1.54) is 4.68 Å². The van der Waals surface area contributed by atoms with E-state index in [2.05, 4.69) is 15.3 Å². The van der Waals surface area contributed by atoms with Gasteiger partial charge in [0, 0.05) is 17.2 Å². The minimum Gasteiger partial charge on any atom is -0.748 e. The minimum absolute atomic E-state index is 0.0424. The molecule has 0 aliphatic rings. The second-order valence-electron chi connectivity index (χ2n) is 3.57. The van der Waals surface area contributed by atoms with Gasteiger partial charge < -0.3 is 4.55 Å². The van der Waals surface area contributed by atoms with Gasteiger partial charge in [0.05, 0.1) is 18.1 Å². The van der Waals surface area contributed by atoms with Gasteiger partial charge in [0.2, 0.25) is 0 Å². The van der Waals surface area contributed by atoms with Crippen LogP contribution < -0.4 is 4.68 Å². The average molecular weight is 266 g/mol. The molecule has 0 N–H and O–H groups in total. The summed E-state index contributed by atoms with van der Waals surface area (Å²) < 4.78 is 32.8. The largest absolute Gasteiger partial charge is 0.748 e. The monoisotopic (exact) mass is 266 g/mol. The molecule has 0 radical (unpaired) electrons. The van der Waals surface area contributed by atoms with Gasteiger partial charge in [-0.25, -0.2) is 8.42 Å². The molecule has 0 fully saturated rings. The van der Waals surface area contributed by atoms with Crippen LogP contribution in [0.5, 0.6) is 0 Å². The molecule has 0 bridgehead atoms. The van der Waals surface area contributed by atoms with Crippen LogP contribution in [0.4, 0.5) is 0 Å². The lowest BCUT2D eigenvalue weighted by atomic mass is 10.1. The first-order valence-corrected chi connectivity index (χ1v) is 6.69. The lowest BCUT2D eigenvalue weighted by Crippen LogP contribution is -2.40. The molecule has 0 saturated heterocycles. The number of rotatable bonds is 4. The normalized spacial score (nSPS) is 11.4. The maximum Gasteiger partial charge on any atom is 0.196 e. The van der Waals surface area contributed by atoms with Gasteiger partial charge in [-0.2, -0.15) is 10.2 Å². The highest BCUT2D eigenvalue weighted by Gasteiger charge is 2.07. The smallest absolute Gasteiger partial charge is 0.196 e. The molecule has 94 valence electrons. The third-order valence-electron chi connectivity index (χ3n) is 2.26. The zero-order chi connectivity index (χ0) is 13.0. The van der Waals surface area contributed by atoms with Crippen LogP contribution in [0, 0.1) is 0 Å². The standard InChI is InChI=1S/C10H10N4O3S/c15-18(16,17)6-5-14-4-2-10(8-13-14)9-1-3-11-12-7-9/h1-4,7-8H,5-6H2. The summed E-state index contributed by atoms with van der Waals surface area (Å²) in [5.41, 5.74) is 1.70. The summed E-state index contributed by atoms with van der Waals surface area (Å²) >= 11 is 0. The first-order chi connectivity index (χ1) is 8.54. The van der Waals surface area contributed by atoms with E-state index in [9.17, 15) is 13.0 Å². The fraction of sp³-hybridized carbons (Fsp3) is 0.200. The third kappa shape index (κ3) is 3.54. The molecule has 18 heavy (non-hydrogen) atoms. The molecule has 0 aliphatic carbocycles. The quantitative estimate of drug-likeness (QED) is 0.539. The van der Waals surface area contributed by atoms with E-state index >= 15 is 0 Å². The Hall–Kier alpha value is -1.93. The summed E-state index contributed by atoms with van der Waals surface area (Å²) in [6, 6.07) is 3.55. The summed E-state index contributed by atoms with van der Waals surface area (Å²) in [7, 11) is -4.21. The van der Waals surface area contributed by atoms with Crippen LogP contribution in [0.2, 0.25) is 0 Å². The topological polar surface area (TPSA) is 99.8 Å². The van der Waals surface area contributed by atoms with Crippen LogP contribution in [0.15, 0.2) is 36.9 Å². The van der Waals surface area contributed by atoms with Gasteiger partial charge in [0.15, 0.2) is 12.7 Å². The Morgan fingerprint density at radius 1 is 1.17 bits per heavy atom. The zero-order valence-corrected chi connectivity index (χ0v) is 10.1. The predicted octanol–water partition coefficient (Wildman–Crippen LogP) is -0.629. The van der Waals surface area contributed by atoms with Crippen molar-refractivity contribution in [1.29, 1.82) is 0 Å². The fourth-order valence-electron chi connectivity index (χ4n) is 1.35. The predicted molar refractivity (Wildman–Crippen MR) is 60.0 cm³/mol. The maximum absolute atomic E-state index is 10.5. The average Bonchev–Trinajstić information content (AvgIpc) is 2.37. The van der Waals surface area contributed by atoms with Crippen molar-refractivity contribution in [3.05, 3.63) is 36.9 Å². The van der Waals surface area contributed by atoms with Gasteiger partial charge in [0.25, 0.3) is 0 Å². The molecular formula is C10H10N4O3S. The van der Waals surface area contributed by atoms with Crippen molar-refractivity contribution in [2.24, 2.45) is 0 Å². The Balaban J connectivity index is 2.11. The first kappa shape index (κ1) is 12.5. The highest BCUT2D eigenvalue weighted by molar-refractivity contribution is 7.85. The van der Waals surface area contributed by atoms with Crippen LogP contribution in [0.25, 0.3) is 11.1 Å². The molecule has 0 amide bonds. The van der Waals surface area contributed by atoms with E-state index in [0.29, 0.717) is 0 Å². The number of nitrogens with zero attached hydrogens (tertiary/aromatic N) is 4. The van der Waals surface area contributed by atoms with E-state index in [1.54, 1.807) is 36.9 Å². The van der Waals surface area contributed by atoms with Gasteiger partial charge in [-0.05, 0) is 11.2 Å². The van der Waals surface area contributed by atoms with Crippen LogP contribution >= 0.6 is 0 Å². The van der Waals surface area contributed by atoms with Crippen molar-refractivity contribution in [3.63, 3.8) is 0 Å². The van der Waals surface area contributed by atoms with Crippen molar-refractivity contribution < 1.29 is 17.7 Å². The maximum atomic E-state index is 10.5. The van der Waals surface area contributed by atoms with Crippen molar-refractivity contribution in [2.75, 3.05) is 5.75 Å². The van der Waals surface area contributed by atoms with E-state index in [0.717, 1.165) is 11.1 Å². The highest BCUT2D eigenvalue weighted by Crippen LogP contribution is 2.13. The van der Waals surface area contributed by atoms with Crippen molar-refractivity contribution in [1.82, 2.24) is 15.3 Å². The van der Waals surface area contributed by atoms with Gasteiger partial charge in [-0.15, -0.1) is 0 Å². The van der Waals surface area contributed by atoms with Gasteiger partial charge in [-0.3, -0.25) is 0 Å². The van der Waals surface area contributed by atoms with Crippen molar-refractivity contribution >= 4 is 10.1 Å². The Bertz CT molecular complexity index is 613. The summed E-state index contributed by atoms with van der Waals surface area (Å²) in [6.07, 6.45) is 6.36. The number of hydrogen-bond donors (Lipinski definition) is 0. The molecule has 0 atom stereocenters. The van der Waals surface area contributed by atoms with Gasteiger partial charge in [-0.1, -0.05) is 4.68 Å². The van der Waals surface area contributed by atoms with Crippen molar-refractivity contribution in [3.8, 4) is 11.1 Å². The van der Waals surface area contributed by atoms with E-state index in [4.69, 9.17) is 0 Å². The van der Waals surface area contributed by atoms with E-state index in [-0.39, 0.29) is 6.54 Å². The van der Waals surface area contributed by atoms with E-state index in [1.807, 2.05) is 0 Å². The number of aromatic nitrogens is 4. The van der Waals surface area contributed by atoms with Crippen LogP contribution in [0.1, 0.15) is 0 Å². The molecule has 2 rings (SSSR count). The molecule has 0 aromatic carbocycles. The molecular weight excluding hydrogens is 256 g/mol.